The third-order valence-electron chi connectivity index (χ3n) is 7.97. The number of urea groups is 1. The summed E-state index contributed by atoms with van der Waals surface area (Å²) < 4.78 is 44.4. The summed E-state index contributed by atoms with van der Waals surface area (Å²) in [5, 5.41) is 10.2. The van der Waals surface area contributed by atoms with Crippen molar-refractivity contribution in [3.8, 4) is 22.8 Å². The number of imidazole rings is 1. The fourth-order valence-electron chi connectivity index (χ4n) is 5.54. The van der Waals surface area contributed by atoms with Gasteiger partial charge in [0.1, 0.15) is 5.69 Å². The molecule has 4 aromatic rings. The zero-order valence-corrected chi connectivity index (χ0v) is 26.1. The zero-order valence-electron chi connectivity index (χ0n) is 26.1. The van der Waals surface area contributed by atoms with Gasteiger partial charge in [0.15, 0.2) is 5.69 Å². The highest BCUT2D eigenvalue weighted by atomic mass is 19.4. The second-order valence-corrected chi connectivity index (χ2v) is 11.4. The molecule has 1 fully saturated rings. The van der Waals surface area contributed by atoms with Gasteiger partial charge in [0.2, 0.25) is 0 Å². The number of amides is 3. The maximum Gasteiger partial charge on any atom is 0.416 e. The molecule has 0 spiro atoms. The molecule has 1 aliphatic rings. The second-order valence-electron chi connectivity index (χ2n) is 11.4. The summed E-state index contributed by atoms with van der Waals surface area (Å²) in [6.07, 6.45) is -2.29. The molecule has 3 heterocycles. The first-order valence-corrected chi connectivity index (χ1v) is 14.9. The van der Waals surface area contributed by atoms with Crippen molar-refractivity contribution in [3.05, 3.63) is 94.0 Å². The summed E-state index contributed by atoms with van der Waals surface area (Å²) >= 11 is 0. The van der Waals surface area contributed by atoms with Crippen molar-refractivity contribution in [2.45, 2.75) is 32.0 Å². The number of aromatic nitrogens is 4. The number of hydrogen-bond donors (Lipinski definition) is 2. The second kappa shape index (κ2) is 13.6. The lowest BCUT2D eigenvalue weighted by atomic mass is 10.1. The normalized spacial score (nSPS) is 13.9. The van der Waals surface area contributed by atoms with Crippen LogP contribution < -0.4 is 16.3 Å². The fraction of sp³-hybridized carbons (Fsp3) is 0.344. The lowest BCUT2D eigenvalue weighted by Crippen LogP contribution is -2.51. The molecule has 2 N–H and O–H groups in total. The molecule has 0 bridgehead atoms. The Kier molecular flexibility index (Phi) is 9.52. The highest BCUT2D eigenvalue weighted by Gasteiger charge is 2.33. The number of likely N-dealkylation sites (tertiary alicyclic amines) is 1. The van der Waals surface area contributed by atoms with E-state index in [1.165, 1.54) is 23.0 Å². The lowest BCUT2D eigenvalue weighted by Gasteiger charge is -2.32. The van der Waals surface area contributed by atoms with Crippen LogP contribution in [0.25, 0.3) is 27.6 Å². The van der Waals surface area contributed by atoms with Crippen LogP contribution in [0.3, 0.4) is 0 Å². The number of nitrogens with one attached hydrogen (secondary N) is 2. The summed E-state index contributed by atoms with van der Waals surface area (Å²) in [4.78, 5) is 47.5. The molecule has 0 unspecified atom stereocenters. The number of rotatable bonds is 7. The van der Waals surface area contributed by atoms with Crippen LogP contribution in [0.5, 0.6) is 0 Å². The van der Waals surface area contributed by atoms with Gasteiger partial charge >= 0.3 is 23.9 Å². The molecule has 5 rings (SSSR count). The third kappa shape index (κ3) is 7.07. The Hall–Kier alpha value is -5.36. The first-order chi connectivity index (χ1) is 22.4. The van der Waals surface area contributed by atoms with Gasteiger partial charge in [-0.15, -0.1) is 0 Å². The number of piperidine rings is 1. The average Bonchev–Trinajstić information content (AvgIpc) is 3.62. The number of halogens is 3. The molecule has 3 amide bonds. The van der Waals surface area contributed by atoms with Crippen molar-refractivity contribution in [2.24, 2.45) is 0 Å². The highest BCUT2D eigenvalue weighted by molar-refractivity contribution is 5.83. The number of nitrogens with zero attached hydrogens (tertiary/aromatic N) is 7. The van der Waals surface area contributed by atoms with Gasteiger partial charge in [0.05, 0.1) is 41.1 Å². The van der Waals surface area contributed by atoms with Gasteiger partial charge in [0.25, 0.3) is 0 Å². The summed E-state index contributed by atoms with van der Waals surface area (Å²) in [5.74, 6) is 0. The molecule has 2 aromatic heterocycles. The summed E-state index contributed by atoms with van der Waals surface area (Å²) in [6.45, 7) is 10.7. The monoisotopic (exact) mass is 649 g/mol. The number of hydrogen-bond acceptors (Lipinski definition) is 5. The van der Waals surface area contributed by atoms with E-state index in [2.05, 4.69) is 20.6 Å². The van der Waals surface area contributed by atoms with E-state index in [4.69, 9.17) is 6.57 Å². The van der Waals surface area contributed by atoms with Crippen molar-refractivity contribution in [3.63, 3.8) is 0 Å². The van der Waals surface area contributed by atoms with Gasteiger partial charge in [-0.2, -0.15) is 18.3 Å². The largest absolute Gasteiger partial charge is 0.416 e. The molecule has 2 aromatic carbocycles. The SMILES string of the molecule is [C-]#[N+]c1ccc(-n2nccc2-c2c(C)n(-c3cccc(C(F)(F)F)c3)c(=O)n2C(=O)NC2CCN(C(=O)NCCN(C)C)CC2)cc1. The van der Waals surface area contributed by atoms with Gasteiger partial charge in [-0.1, -0.05) is 18.2 Å². The molecule has 1 saturated heterocycles. The number of alkyl halides is 3. The molecule has 0 atom stereocenters. The molecular formula is C32H34F3N9O3. The Morgan fingerprint density at radius 3 is 2.38 bits per heavy atom. The average molecular weight is 650 g/mol. The molecule has 15 heteroatoms. The van der Waals surface area contributed by atoms with Gasteiger partial charge in [-0.25, -0.2) is 28.5 Å². The van der Waals surface area contributed by atoms with Crippen LogP contribution in [0.2, 0.25) is 0 Å². The maximum absolute atomic E-state index is 14.0. The number of benzene rings is 2. The van der Waals surface area contributed by atoms with Crippen molar-refractivity contribution < 1.29 is 22.8 Å². The van der Waals surface area contributed by atoms with Gasteiger partial charge in [-0.05, 0) is 70.3 Å². The maximum atomic E-state index is 14.0. The van der Waals surface area contributed by atoms with E-state index in [-0.39, 0.29) is 29.1 Å². The highest BCUT2D eigenvalue weighted by Crippen LogP contribution is 2.32. The molecular weight excluding hydrogens is 615 g/mol. The minimum atomic E-state index is -4.65. The Morgan fingerprint density at radius 2 is 1.74 bits per heavy atom. The molecule has 246 valence electrons. The third-order valence-corrected chi connectivity index (χ3v) is 7.97. The Balaban J connectivity index is 1.50. The van der Waals surface area contributed by atoms with Crippen LogP contribution in [0, 0.1) is 13.5 Å². The Labute approximate surface area is 268 Å². The molecule has 12 nitrogen and oxygen atoms in total. The van der Waals surface area contributed by atoms with E-state index in [0.717, 1.165) is 21.3 Å². The summed E-state index contributed by atoms with van der Waals surface area (Å²) in [7, 11) is 3.82. The number of carbonyl (C=O) groups is 2. The summed E-state index contributed by atoms with van der Waals surface area (Å²) in [6, 6.07) is 11.1. The van der Waals surface area contributed by atoms with Gasteiger partial charge in [-0.3, -0.25) is 4.57 Å². The van der Waals surface area contributed by atoms with E-state index in [1.807, 2.05) is 19.0 Å². The van der Waals surface area contributed by atoms with E-state index >= 15 is 0 Å². The topological polar surface area (TPSA) is 114 Å². The molecule has 47 heavy (non-hydrogen) atoms. The first-order valence-electron chi connectivity index (χ1n) is 14.9. The van der Waals surface area contributed by atoms with E-state index in [1.54, 1.807) is 42.2 Å². The van der Waals surface area contributed by atoms with Crippen LogP contribution in [-0.2, 0) is 6.18 Å². The predicted octanol–water partition coefficient (Wildman–Crippen LogP) is 4.66. The number of likely N-dealkylation sites (N-methyl/N-ethyl adjacent to an activating group) is 1. The Bertz CT molecular complexity index is 1860. The van der Waals surface area contributed by atoms with E-state index < -0.39 is 23.5 Å². The molecule has 1 aliphatic heterocycles. The first kappa shape index (κ1) is 33.0. The van der Waals surface area contributed by atoms with Gasteiger partial charge in [0, 0.05) is 32.2 Å². The van der Waals surface area contributed by atoms with Crippen molar-refractivity contribution in [2.75, 3.05) is 40.3 Å². The van der Waals surface area contributed by atoms with Crippen LogP contribution in [0.15, 0.2) is 65.6 Å². The zero-order chi connectivity index (χ0) is 33.9. The van der Waals surface area contributed by atoms with Crippen LogP contribution >= 0.6 is 0 Å². The summed E-state index contributed by atoms with van der Waals surface area (Å²) in [5.41, 5.74) is -0.230. The van der Waals surface area contributed by atoms with Crippen LogP contribution in [-0.4, -0.2) is 87.1 Å². The van der Waals surface area contributed by atoms with Crippen LogP contribution in [0.4, 0.5) is 28.4 Å². The minimum Gasteiger partial charge on any atom is -0.337 e. The van der Waals surface area contributed by atoms with E-state index in [0.29, 0.717) is 56.1 Å². The standard InChI is InChI=1S/C32H34F3N9O3/c1-21-28(27-12-15-38-44(27)25-10-8-23(36-2)9-11-25)43(31(47)42(21)26-7-5-6-22(20-26)32(33,34)35)30(46)39-24-13-17-41(18-14-24)29(45)37-16-19-40(3)4/h5-12,15,20,24H,13-14,16-19H2,1,3-4H3,(H,37,45)(H,39,46). The van der Waals surface area contributed by atoms with Crippen molar-refractivity contribution >= 4 is 17.7 Å². The predicted molar refractivity (Wildman–Crippen MR) is 169 cm³/mol. The van der Waals surface area contributed by atoms with E-state index in [9.17, 15) is 27.6 Å². The number of carbonyl (C=O) groups excluding carboxylic acids is 2. The minimum absolute atomic E-state index is 0.0591. The van der Waals surface area contributed by atoms with Crippen molar-refractivity contribution in [1.29, 1.82) is 0 Å². The smallest absolute Gasteiger partial charge is 0.337 e. The van der Waals surface area contributed by atoms with Crippen LogP contribution in [0.1, 0.15) is 24.1 Å². The molecule has 0 saturated carbocycles. The fourth-order valence-corrected chi connectivity index (χ4v) is 5.54. The van der Waals surface area contributed by atoms with Gasteiger partial charge < -0.3 is 20.4 Å². The molecule has 0 aliphatic carbocycles. The van der Waals surface area contributed by atoms with Crippen molar-refractivity contribution in [1.82, 2.24) is 39.3 Å². The lowest BCUT2D eigenvalue weighted by molar-refractivity contribution is -0.137. The molecule has 0 radical (unpaired) electrons. The quantitative estimate of drug-likeness (QED) is 0.283. The Morgan fingerprint density at radius 1 is 1.04 bits per heavy atom.